The monoisotopic (exact) mass is 501 g/mol. The van der Waals surface area contributed by atoms with Gasteiger partial charge >= 0.3 is 0 Å². The highest BCUT2D eigenvalue weighted by Crippen LogP contribution is 2.54. The first-order valence-electron chi connectivity index (χ1n) is 10.7. The fourth-order valence-corrected chi connectivity index (χ4v) is 5.64. The van der Waals surface area contributed by atoms with E-state index < -0.39 is 0 Å². The zero-order valence-electron chi connectivity index (χ0n) is 17.6. The number of aliphatic imine (C=N–C) groups is 1. The Morgan fingerprint density at radius 3 is 2.82 bits per heavy atom. The summed E-state index contributed by atoms with van der Waals surface area (Å²) in [5.74, 6) is 1.78. The van der Waals surface area contributed by atoms with Crippen molar-refractivity contribution in [3.05, 3.63) is 18.0 Å². The highest BCUT2D eigenvalue weighted by atomic mass is 127. The van der Waals surface area contributed by atoms with Crippen molar-refractivity contribution in [1.82, 2.24) is 20.0 Å². The van der Waals surface area contributed by atoms with Crippen LogP contribution in [0.2, 0.25) is 0 Å². The van der Waals surface area contributed by atoms with Gasteiger partial charge in [0.05, 0.1) is 12.3 Å². The molecule has 0 radical (unpaired) electrons. The van der Waals surface area contributed by atoms with E-state index in [1.54, 1.807) is 0 Å². The molecule has 1 N–H and O–H groups in total. The number of aromatic nitrogens is 2. The Morgan fingerprint density at radius 1 is 1.39 bits per heavy atom. The van der Waals surface area contributed by atoms with Gasteiger partial charge in [-0.1, -0.05) is 12.8 Å². The van der Waals surface area contributed by atoms with Gasteiger partial charge in [0, 0.05) is 51.4 Å². The van der Waals surface area contributed by atoms with Gasteiger partial charge in [0.1, 0.15) is 0 Å². The number of aryl methyl sites for hydroxylation is 1. The van der Waals surface area contributed by atoms with Crippen molar-refractivity contribution in [2.24, 2.45) is 23.4 Å². The van der Waals surface area contributed by atoms with Crippen LogP contribution in [0.1, 0.15) is 51.0 Å². The molecule has 0 aromatic carbocycles. The van der Waals surface area contributed by atoms with Gasteiger partial charge in [0.2, 0.25) is 0 Å². The van der Waals surface area contributed by atoms with Gasteiger partial charge in [-0.05, 0) is 50.5 Å². The van der Waals surface area contributed by atoms with Gasteiger partial charge in [-0.3, -0.25) is 9.67 Å². The topological polar surface area (TPSA) is 54.7 Å². The van der Waals surface area contributed by atoms with Crippen LogP contribution in [0, 0.1) is 11.3 Å². The number of hydrogen-bond donors (Lipinski definition) is 1. The van der Waals surface area contributed by atoms with Crippen molar-refractivity contribution in [1.29, 1.82) is 0 Å². The second kappa shape index (κ2) is 9.32. The van der Waals surface area contributed by atoms with E-state index in [1.165, 1.54) is 37.7 Å². The molecule has 4 rings (SSSR count). The van der Waals surface area contributed by atoms with Crippen LogP contribution < -0.4 is 5.32 Å². The molecule has 7 heteroatoms. The second-order valence-electron chi connectivity index (χ2n) is 8.69. The molecule has 1 aliphatic heterocycles. The summed E-state index contributed by atoms with van der Waals surface area (Å²) in [6.07, 6.45) is 13.3. The van der Waals surface area contributed by atoms with Gasteiger partial charge in [-0.15, -0.1) is 24.0 Å². The minimum absolute atomic E-state index is 0. The van der Waals surface area contributed by atoms with E-state index in [0.29, 0.717) is 23.5 Å². The van der Waals surface area contributed by atoms with Crippen molar-refractivity contribution in [3.63, 3.8) is 0 Å². The number of likely N-dealkylation sites (tertiary alicyclic amines) is 1. The maximum absolute atomic E-state index is 6.07. The van der Waals surface area contributed by atoms with Gasteiger partial charge in [0.15, 0.2) is 5.96 Å². The van der Waals surface area contributed by atoms with Crippen LogP contribution in [0.25, 0.3) is 0 Å². The van der Waals surface area contributed by atoms with E-state index in [-0.39, 0.29) is 24.0 Å². The van der Waals surface area contributed by atoms with E-state index in [2.05, 4.69) is 33.4 Å². The Hall–Kier alpha value is -0.830. The van der Waals surface area contributed by atoms with Crippen LogP contribution in [-0.4, -0.2) is 59.5 Å². The minimum atomic E-state index is 0. The molecule has 28 heavy (non-hydrogen) atoms. The zero-order chi connectivity index (χ0) is 18.9. The first-order valence-corrected chi connectivity index (χ1v) is 10.7. The lowest BCUT2D eigenvalue weighted by Crippen LogP contribution is -2.65. The summed E-state index contributed by atoms with van der Waals surface area (Å²) >= 11 is 0. The van der Waals surface area contributed by atoms with E-state index in [0.717, 1.165) is 38.5 Å². The second-order valence-corrected chi connectivity index (χ2v) is 8.69. The molecule has 3 aliphatic rings. The Morgan fingerprint density at radius 2 is 2.18 bits per heavy atom. The Labute approximate surface area is 186 Å². The maximum Gasteiger partial charge on any atom is 0.193 e. The van der Waals surface area contributed by atoms with Crippen molar-refractivity contribution >= 4 is 29.9 Å². The number of nitrogens with one attached hydrogen (secondary N) is 1. The largest absolute Gasteiger partial charge is 0.378 e. The molecule has 1 spiro atoms. The average Bonchev–Trinajstić information content (AvgIpc) is 3.40. The molecule has 3 unspecified atom stereocenters. The van der Waals surface area contributed by atoms with Crippen LogP contribution in [0.5, 0.6) is 0 Å². The molecule has 2 aliphatic carbocycles. The molecule has 2 saturated carbocycles. The first-order chi connectivity index (χ1) is 13.1. The average molecular weight is 501 g/mol. The molecular formula is C21H36IN5O. The third-order valence-electron chi connectivity index (χ3n) is 7.07. The number of ether oxygens (including phenoxy) is 1. The zero-order valence-corrected chi connectivity index (χ0v) is 19.9. The third-order valence-corrected chi connectivity index (χ3v) is 7.07. The molecule has 1 aromatic rings. The van der Waals surface area contributed by atoms with Crippen LogP contribution in [0.15, 0.2) is 17.4 Å². The van der Waals surface area contributed by atoms with Crippen molar-refractivity contribution in [2.45, 2.75) is 64.0 Å². The number of nitrogens with zero attached hydrogens (tertiary/aromatic N) is 4. The highest BCUT2D eigenvalue weighted by molar-refractivity contribution is 14.0. The van der Waals surface area contributed by atoms with E-state index in [1.807, 2.05) is 25.0 Å². The minimum Gasteiger partial charge on any atom is -0.378 e. The summed E-state index contributed by atoms with van der Waals surface area (Å²) in [6.45, 7) is 5.13. The smallest absolute Gasteiger partial charge is 0.193 e. The molecule has 6 nitrogen and oxygen atoms in total. The predicted molar refractivity (Wildman–Crippen MR) is 123 cm³/mol. The molecule has 3 fully saturated rings. The quantitative estimate of drug-likeness (QED) is 0.383. The molecule has 158 valence electrons. The van der Waals surface area contributed by atoms with Crippen molar-refractivity contribution < 1.29 is 4.74 Å². The summed E-state index contributed by atoms with van der Waals surface area (Å²) in [6, 6.07) is 0.521. The maximum atomic E-state index is 6.07. The van der Waals surface area contributed by atoms with Crippen molar-refractivity contribution in [3.8, 4) is 0 Å². The third kappa shape index (κ3) is 4.20. The standard InChI is InChI=1S/C21H35N5O.HI/c1-4-27-19-12-18(21(19)8-5-6-9-21)24-20(22-2)26-10-7-16(15-26)11-17-13-23-25(3)14-17;/h13-14,16,18-19H,4-12,15H2,1-3H3,(H,22,24);1H. The fourth-order valence-electron chi connectivity index (χ4n) is 5.64. The van der Waals surface area contributed by atoms with Crippen molar-refractivity contribution in [2.75, 3.05) is 26.7 Å². The lowest BCUT2D eigenvalue weighted by molar-refractivity contribution is -0.126. The molecule has 1 aromatic heterocycles. The number of rotatable bonds is 5. The fraction of sp³-hybridized carbons (Fsp3) is 0.810. The van der Waals surface area contributed by atoms with Gasteiger partial charge in [-0.25, -0.2) is 0 Å². The first kappa shape index (κ1) is 21.9. The lowest BCUT2D eigenvalue weighted by atomic mass is 9.60. The Balaban J connectivity index is 0.00000225. The highest BCUT2D eigenvalue weighted by Gasteiger charge is 2.57. The van der Waals surface area contributed by atoms with Gasteiger partial charge in [-0.2, -0.15) is 5.10 Å². The number of hydrogen-bond acceptors (Lipinski definition) is 3. The summed E-state index contributed by atoms with van der Waals surface area (Å²) in [5, 5.41) is 8.14. The summed E-state index contributed by atoms with van der Waals surface area (Å²) in [5.41, 5.74) is 1.69. The molecule has 2 heterocycles. The molecule has 1 saturated heterocycles. The summed E-state index contributed by atoms with van der Waals surface area (Å²) < 4.78 is 7.97. The number of halogens is 1. The molecule has 0 bridgehead atoms. The van der Waals surface area contributed by atoms with Crippen LogP contribution in [0.3, 0.4) is 0 Å². The molecule has 3 atom stereocenters. The molecular weight excluding hydrogens is 465 g/mol. The summed E-state index contributed by atoms with van der Waals surface area (Å²) in [4.78, 5) is 7.09. The van der Waals surface area contributed by atoms with Gasteiger partial charge in [0.25, 0.3) is 0 Å². The lowest BCUT2D eigenvalue weighted by Gasteiger charge is -2.54. The number of guanidine groups is 1. The van der Waals surface area contributed by atoms with Crippen LogP contribution in [-0.2, 0) is 18.2 Å². The summed E-state index contributed by atoms with van der Waals surface area (Å²) in [7, 11) is 3.92. The van der Waals surface area contributed by atoms with Crippen LogP contribution >= 0.6 is 24.0 Å². The Kier molecular flexibility index (Phi) is 7.28. The van der Waals surface area contributed by atoms with E-state index in [9.17, 15) is 0 Å². The van der Waals surface area contributed by atoms with Gasteiger partial charge < -0.3 is 15.0 Å². The van der Waals surface area contributed by atoms with E-state index in [4.69, 9.17) is 4.74 Å². The SMILES string of the molecule is CCOC1CC(NC(=NC)N2CCC(Cc3cnn(C)c3)C2)C12CCCC2.I. The van der Waals surface area contributed by atoms with E-state index >= 15 is 0 Å². The van der Waals surface area contributed by atoms with Crippen LogP contribution in [0.4, 0.5) is 0 Å². The normalized spacial score (nSPS) is 29.0. The Bertz CT molecular complexity index is 670. The molecule has 0 amide bonds. The predicted octanol–water partition coefficient (Wildman–Crippen LogP) is 3.22.